The standard InChI is InChI=1S/C16H24FNO3/c17-15-4-2-1-3-14(15)16(20)7-10-18-8-5-13(6-9-18)21-12-11-19/h1-4,13,16,19-20H,5-12H2. The van der Waals surface area contributed by atoms with Crippen LogP contribution >= 0.6 is 0 Å². The average molecular weight is 297 g/mol. The number of piperidine rings is 1. The summed E-state index contributed by atoms with van der Waals surface area (Å²) in [6.07, 6.45) is 1.88. The van der Waals surface area contributed by atoms with Crippen LogP contribution in [0, 0.1) is 5.82 Å². The van der Waals surface area contributed by atoms with E-state index in [0.29, 0.717) is 18.6 Å². The Labute approximate surface area is 125 Å². The molecule has 1 aliphatic rings. The van der Waals surface area contributed by atoms with Gasteiger partial charge in [-0.25, -0.2) is 4.39 Å². The third-order valence-electron chi connectivity index (χ3n) is 3.96. The predicted molar refractivity (Wildman–Crippen MR) is 78.5 cm³/mol. The second-order valence-corrected chi connectivity index (χ2v) is 5.46. The van der Waals surface area contributed by atoms with Crippen LogP contribution < -0.4 is 0 Å². The molecule has 1 atom stereocenters. The van der Waals surface area contributed by atoms with E-state index in [1.54, 1.807) is 18.2 Å². The molecule has 1 fully saturated rings. The molecule has 0 amide bonds. The number of aliphatic hydroxyl groups excluding tert-OH is 2. The number of hydrogen-bond acceptors (Lipinski definition) is 4. The lowest BCUT2D eigenvalue weighted by Gasteiger charge is -2.32. The Balaban J connectivity index is 1.71. The molecule has 4 nitrogen and oxygen atoms in total. The number of hydrogen-bond donors (Lipinski definition) is 2. The van der Waals surface area contributed by atoms with E-state index < -0.39 is 6.10 Å². The molecule has 0 radical (unpaired) electrons. The van der Waals surface area contributed by atoms with Gasteiger partial charge in [-0.15, -0.1) is 0 Å². The van der Waals surface area contributed by atoms with Crippen molar-refractivity contribution in [1.82, 2.24) is 4.90 Å². The number of rotatable bonds is 7. The van der Waals surface area contributed by atoms with Crippen molar-refractivity contribution in [3.8, 4) is 0 Å². The Bertz CT molecular complexity index is 422. The minimum atomic E-state index is -0.755. The molecule has 1 unspecified atom stereocenters. The smallest absolute Gasteiger partial charge is 0.128 e. The molecule has 0 aliphatic carbocycles. The first-order valence-corrected chi connectivity index (χ1v) is 7.58. The van der Waals surface area contributed by atoms with Crippen molar-refractivity contribution in [1.29, 1.82) is 0 Å². The van der Waals surface area contributed by atoms with Crippen LogP contribution in [0.1, 0.15) is 30.9 Å². The molecule has 1 heterocycles. The van der Waals surface area contributed by atoms with E-state index in [0.717, 1.165) is 32.5 Å². The summed E-state index contributed by atoms with van der Waals surface area (Å²) in [5.74, 6) is -0.346. The van der Waals surface area contributed by atoms with Gasteiger partial charge in [0.05, 0.1) is 25.4 Å². The maximum absolute atomic E-state index is 13.6. The second kappa shape index (κ2) is 8.44. The minimum absolute atomic E-state index is 0.0645. The van der Waals surface area contributed by atoms with Gasteiger partial charge in [-0.2, -0.15) is 0 Å². The van der Waals surface area contributed by atoms with Crippen molar-refractivity contribution in [3.05, 3.63) is 35.6 Å². The molecule has 0 saturated carbocycles. The molecule has 2 N–H and O–H groups in total. The van der Waals surface area contributed by atoms with Gasteiger partial charge in [0, 0.05) is 25.2 Å². The molecule has 1 aromatic carbocycles. The first kappa shape index (κ1) is 16.4. The summed E-state index contributed by atoms with van der Waals surface area (Å²) < 4.78 is 19.1. The van der Waals surface area contributed by atoms with Crippen LogP contribution in [-0.2, 0) is 4.74 Å². The highest BCUT2D eigenvalue weighted by atomic mass is 19.1. The predicted octanol–water partition coefficient (Wildman–Crippen LogP) is 1.72. The van der Waals surface area contributed by atoms with E-state index in [4.69, 9.17) is 9.84 Å². The highest BCUT2D eigenvalue weighted by Crippen LogP contribution is 2.21. The summed E-state index contributed by atoms with van der Waals surface area (Å²) in [5.41, 5.74) is 0.374. The van der Waals surface area contributed by atoms with Crippen LogP contribution in [0.3, 0.4) is 0 Å². The Hall–Kier alpha value is -1.01. The van der Waals surface area contributed by atoms with E-state index in [2.05, 4.69) is 4.90 Å². The summed E-state index contributed by atoms with van der Waals surface area (Å²) in [6, 6.07) is 6.38. The quantitative estimate of drug-likeness (QED) is 0.805. The molecule has 1 saturated heterocycles. The normalized spacial score (nSPS) is 18.8. The van der Waals surface area contributed by atoms with Crippen molar-refractivity contribution < 1.29 is 19.3 Å². The van der Waals surface area contributed by atoms with Crippen LogP contribution in [0.2, 0.25) is 0 Å². The first-order chi connectivity index (χ1) is 10.2. The lowest BCUT2D eigenvalue weighted by Crippen LogP contribution is -2.38. The van der Waals surface area contributed by atoms with Gasteiger partial charge < -0.3 is 19.8 Å². The Morgan fingerprint density at radius 2 is 2.00 bits per heavy atom. The molecule has 21 heavy (non-hydrogen) atoms. The molecule has 2 rings (SSSR count). The maximum atomic E-state index is 13.6. The van der Waals surface area contributed by atoms with Crippen molar-refractivity contribution in [2.45, 2.75) is 31.5 Å². The SMILES string of the molecule is OCCOC1CCN(CCC(O)c2ccccc2F)CC1. The number of ether oxygens (including phenoxy) is 1. The zero-order valence-corrected chi connectivity index (χ0v) is 12.2. The zero-order valence-electron chi connectivity index (χ0n) is 12.2. The van der Waals surface area contributed by atoms with Gasteiger partial charge >= 0.3 is 0 Å². The van der Waals surface area contributed by atoms with E-state index >= 15 is 0 Å². The molecule has 0 bridgehead atoms. The number of halogens is 1. The number of likely N-dealkylation sites (tertiary alicyclic amines) is 1. The fraction of sp³-hybridized carbons (Fsp3) is 0.625. The molecule has 1 aromatic rings. The highest BCUT2D eigenvalue weighted by Gasteiger charge is 2.20. The molecule has 0 aromatic heterocycles. The Kier molecular flexibility index (Phi) is 6.57. The van der Waals surface area contributed by atoms with Gasteiger partial charge in [0.2, 0.25) is 0 Å². The van der Waals surface area contributed by atoms with Crippen LogP contribution in [-0.4, -0.2) is 54.1 Å². The first-order valence-electron chi connectivity index (χ1n) is 7.58. The summed E-state index contributed by atoms with van der Waals surface area (Å²) in [7, 11) is 0. The molecular weight excluding hydrogens is 273 g/mol. The maximum Gasteiger partial charge on any atom is 0.128 e. The highest BCUT2D eigenvalue weighted by molar-refractivity contribution is 5.19. The van der Waals surface area contributed by atoms with Gasteiger partial charge in [0.25, 0.3) is 0 Å². The van der Waals surface area contributed by atoms with Gasteiger partial charge in [0.15, 0.2) is 0 Å². The third-order valence-corrected chi connectivity index (χ3v) is 3.96. The molecule has 118 valence electrons. The van der Waals surface area contributed by atoms with Crippen LogP contribution in [0.15, 0.2) is 24.3 Å². The lowest BCUT2D eigenvalue weighted by atomic mass is 10.0. The lowest BCUT2D eigenvalue weighted by molar-refractivity contribution is -0.00963. The summed E-state index contributed by atoms with van der Waals surface area (Å²) >= 11 is 0. The Morgan fingerprint density at radius 3 is 2.67 bits per heavy atom. The third kappa shape index (κ3) is 5.04. The molecular formula is C16H24FNO3. The van der Waals surface area contributed by atoms with Crippen molar-refractivity contribution in [3.63, 3.8) is 0 Å². The van der Waals surface area contributed by atoms with Crippen LogP contribution in [0.25, 0.3) is 0 Å². The number of benzene rings is 1. The van der Waals surface area contributed by atoms with Gasteiger partial charge in [-0.1, -0.05) is 18.2 Å². The van der Waals surface area contributed by atoms with Crippen molar-refractivity contribution in [2.24, 2.45) is 0 Å². The second-order valence-electron chi connectivity index (χ2n) is 5.46. The fourth-order valence-corrected chi connectivity index (χ4v) is 2.72. The largest absolute Gasteiger partial charge is 0.394 e. The monoisotopic (exact) mass is 297 g/mol. The van der Waals surface area contributed by atoms with Crippen LogP contribution in [0.5, 0.6) is 0 Å². The van der Waals surface area contributed by atoms with Crippen molar-refractivity contribution in [2.75, 3.05) is 32.8 Å². The summed E-state index contributed by atoms with van der Waals surface area (Å²) in [6.45, 7) is 3.05. The van der Waals surface area contributed by atoms with Gasteiger partial charge in [0.1, 0.15) is 5.82 Å². The molecule has 1 aliphatic heterocycles. The minimum Gasteiger partial charge on any atom is -0.394 e. The zero-order chi connectivity index (χ0) is 15.1. The molecule has 0 spiro atoms. The topological polar surface area (TPSA) is 52.9 Å². The van der Waals surface area contributed by atoms with E-state index in [1.165, 1.54) is 6.07 Å². The van der Waals surface area contributed by atoms with Crippen molar-refractivity contribution >= 4 is 0 Å². The average Bonchev–Trinajstić information content (AvgIpc) is 2.52. The summed E-state index contributed by atoms with van der Waals surface area (Å²) in [5, 5.41) is 18.8. The van der Waals surface area contributed by atoms with E-state index in [1.807, 2.05) is 0 Å². The van der Waals surface area contributed by atoms with E-state index in [9.17, 15) is 9.50 Å². The molecule has 5 heteroatoms. The van der Waals surface area contributed by atoms with E-state index in [-0.39, 0.29) is 18.5 Å². The van der Waals surface area contributed by atoms with Crippen LogP contribution in [0.4, 0.5) is 4.39 Å². The summed E-state index contributed by atoms with van der Waals surface area (Å²) in [4.78, 5) is 2.27. The fourth-order valence-electron chi connectivity index (χ4n) is 2.72. The van der Waals surface area contributed by atoms with Gasteiger partial charge in [-0.05, 0) is 25.3 Å². The Morgan fingerprint density at radius 1 is 1.29 bits per heavy atom. The number of nitrogens with zero attached hydrogens (tertiary/aromatic N) is 1. The number of aliphatic hydroxyl groups is 2. The van der Waals surface area contributed by atoms with Gasteiger partial charge in [-0.3, -0.25) is 0 Å².